The molecule has 2 amide bonds. The van der Waals surface area contributed by atoms with Crippen molar-refractivity contribution >= 4 is 38.8 Å². The molecule has 8 heteroatoms. The first-order valence-electron chi connectivity index (χ1n) is 10.9. The Bertz CT molecular complexity index is 935. The van der Waals surface area contributed by atoms with Gasteiger partial charge in [0.25, 0.3) is 0 Å². The van der Waals surface area contributed by atoms with Crippen LogP contribution >= 0.6 is 15.9 Å². The highest BCUT2D eigenvalue weighted by atomic mass is 79.9. The minimum absolute atomic E-state index is 0.216. The van der Waals surface area contributed by atoms with Crippen molar-refractivity contribution in [2.45, 2.75) is 71.1 Å². The molecule has 31 heavy (non-hydrogen) atoms. The second-order valence-corrected chi connectivity index (χ2v) is 10.0. The van der Waals surface area contributed by atoms with Gasteiger partial charge in [-0.2, -0.15) is 0 Å². The van der Waals surface area contributed by atoms with Gasteiger partial charge in [-0.25, -0.2) is 4.79 Å². The number of aromatic amines is 1. The van der Waals surface area contributed by atoms with Crippen LogP contribution in [-0.4, -0.2) is 41.7 Å². The summed E-state index contributed by atoms with van der Waals surface area (Å²) in [5.41, 5.74) is 3.29. The maximum Gasteiger partial charge on any atom is 0.408 e. The van der Waals surface area contributed by atoms with Gasteiger partial charge >= 0.3 is 6.09 Å². The highest BCUT2D eigenvalue weighted by molar-refractivity contribution is 9.10. The zero-order valence-corrected chi connectivity index (χ0v) is 20.3. The number of aromatic nitrogens is 1. The molecule has 1 aromatic heterocycles. The van der Waals surface area contributed by atoms with E-state index >= 15 is 0 Å². The number of fused-ring (bicyclic) bond motifs is 3. The van der Waals surface area contributed by atoms with E-state index in [-0.39, 0.29) is 5.91 Å². The topological polar surface area (TPSA) is 95.2 Å². The van der Waals surface area contributed by atoms with Crippen LogP contribution in [0, 0.1) is 0 Å². The Morgan fingerprint density at radius 2 is 2.06 bits per heavy atom. The molecule has 7 nitrogen and oxygen atoms in total. The number of carbonyl (C=O) groups excluding carboxylic acids is 2. The van der Waals surface area contributed by atoms with Crippen LogP contribution in [0.5, 0.6) is 0 Å². The standard InChI is InChI=1S/C23H33BrN4O3/c1-14(27-22(30)31-23(2,3)4)21(29)26-12-6-11-25-19-8-5-7-16-17-13-15(24)9-10-18(17)28-20(16)19/h9-10,13-14,19,25,28H,5-8,11-12H2,1-4H3,(H,26,29)(H,27,30)/t14-,19?/m1/s1. The zero-order valence-electron chi connectivity index (χ0n) is 18.7. The van der Waals surface area contributed by atoms with Crippen molar-refractivity contribution in [3.05, 3.63) is 33.9 Å². The number of hydrogen-bond acceptors (Lipinski definition) is 4. The summed E-state index contributed by atoms with van der Waals surface area (Å²) in [4.78, 5) is 27.6. The van der Waals surface area contributed by atoms with Crippen molar-refractivity contribution in [1.82, 2.24) is 20.9 Å². The Labute approximate surface area is 192 Å². The molecule has 170 valence electrons. The lowest BCUT2D eigenvalue weighted by Gasteiger charge is -2.24. The third-order valence-electron chi connectivity index (χ3n) is 5.34. The van der Waals surface area contributed by atoms with Crippen LogP contribution in [0.3, 0.4) is 0 Å². The number of rotatable bonds is 7. The quantitative estimate of drug-likeness (QED) is 0.432. The molecule has 0 spiro atoms. The molecular formula is C23H33BrN4O3. The molecular weight excluding hydrogens is 460 g/mol. The number of ether oxygens (including phenoxy) is 1. The summed E-state index contributed by atoms with van der Waals surface area (Å²) >= 11 is 3.57. The molecule has 1 aliphatic carbocycles. The van der Waals surface area contributed by atoms with Crippen LogP contribution in [0.2, 0.25) is 0 Å². The smallest absolute Gasteiger partial charge is 0.408 e. The molecule has 1 aromatic carbocycles. The molecule has 0 aliphatic heterocycles. The fourth-order valence-corrected chi connectivity index (χ4v) is 4.28. The molecule has 4 N–H and O–H groups in total. The largest absolute Gasteiger partial charge is 0.444 e. The number of H-pyrrole nitrogens is 1. The monoisotopic (exact) mass is 492 g/mol. The Kier molecular flexibility index (Phi) is 7.64. The number of aryl methyl sites for hydroxylation is 1. The van der Waals surface area contributed by atoms with Crippen molar-refractivity contribution in [3.8, 4) is 0 Å². The summed E-state index contributed by atoms with van der Waals surface area (Å²) in [6.45, 7) is 8.36. The van der Waals surface area contributed by atoms with E-state index < -0.39 is 17.7 Å². The maximum atomic E-state index is 12.2. The van der Waals surface area contributed by atoms with Gasteiger partial charge in [-0.1, -0.05) is 15.9 Å². The van der Waals surface area contributed by atoms with Crippen LogP contribution < -0.4 is 16.0 Å². The fourth-order valence-electron chi connectivity index (χ4n) is 3.92. The first kappa shape index (κ1) is 23.6. The van der Waals surface area contributed by atoms with Crippen molar-refractivity contribution in [2.24, 2.45) is 0 Å². The lowest BCUT2D eigenvalue weighted by Crippen LogP contribution is -2.46. The third-order valence-corrected chi connectivity index (χ3v) is 5.83. The van der Waals surface area contributed by atoms with Gasteiger partial charge in [-0.3, -0.25) is 4.79 Å². The van der Waals surface area contributed by atoms with Gasteiger partial charge < -0.3 is 25.7 Å². The second-order valence-electron chi connectivity index (χ2n) is 9.12. The number of hydrogen-bond donors (Lipinski definition) is 4. The summed E-state index contributed by atoms with van der Waals surface area (Å²) in [6, 6.07) is 6.03. The van der Waals surface area contributed by atoms with E-state index in [0.717, 1.165) is 36.7 Å². The van der Waals surface area contributed by atoms with E-state index in [4.69, 9.17) is 4.74 Å². The van der Waals surface area contributed by atoms with Crippen LogP contribution in [-0.2, 0) is 16.0 Å². The van der Waals surface area contributed by atoms with E-state index in [2.05, 4.69) is 55.1 Å². The molecule has 1 unspecified atom stereocenters. The molecule has 0 saturated carbocycles. The fraction of sp³-hybridized carbons (Fsp3) is 0.565. The average molecular weight is 493 g/mol. The summed E-state index contributed by atoms with van der Waals surface area (Å²) < 4.78 is 6.28. The summed E-state index contributed by atoms with van der Waals surface area (Å²) in [7, 11) is 0. The SMILES string of the molecule is C[C@@H](NC(=O)OC(C)(C)C)C(=O)NCCCNC1CCCc2c1[nH]c1ccc(Br)cc21. The number of amides is 2. The minimum Gasteiger partial charge on any atom is -0.444 e. The highest BCUT2D eigenvalue weighted by Gasteiger charge is 2.24. The minimum atomic E-state index is -0.644. The van der Waals surface area contributed by atoms with Crippen LogP contribution in [0.1, 0.15) is 64.3 Å². The number of benzene rings is 1. The molecule has 3 rings (SSSR count). The van der Waals surface area contributed by atoms with E-state index in [1.54, 1.807) is 27.7 Å². The first-order valence-corrected chi connectivity index (χ1v) is 11.7. The number of nitrogens with one attached hydrogen (secondary N) is 4. The van der Waals surface area contributed by atoms with E-state index in [1.807, 2.05) is 0 Å². The molecule has 0 bridgehead atoms. The molecule has 1 heterocycles. The summed E-state index contributed by atoms with van der Waals surface area (Å²) in [5, 5.41) is 10.4. The summed E-state index contributed by atoms with van der Waals surface area (Å²) in [6.07, 6.45) is 3.58. The van der Waals surface area contributed by atoms with Crippen molar-refractivity contribution in [2.75, 3.05) is 13.1 Å². The van der Waals surface area contributed by atoms with Crippen molar-refractivity contribution in [1.29, 1.82) is 0 Å². The van der Waals surface area contributed by atoms with E-state index in [9.17, 15) is 9.59 Å². The van der Waals surface area contributed by atoms with E-state index in [0.29, 0.717) is 12.6 Å². The third kappa shape index (κ3) is 6.46. The maximum absolute atomic E-state index is 12.2. The van der Waals surface area contributed by atoms with Gasteiger partial charge in [0.2, 0.25) is 5.91 Å². The zero-order chi connectivity index (χ0) is 22.6. The summed E-state index contributed by atoms with van der Waals surface area (Å²) in [5.74, 6) is -0.216. The van der Waals surface area contributed by atoms with E-state index in [1.165, 1.54) is 22.2 Å². The lowest BCUT2D eigenvalue weighted by atomic mass is 9.91. The van der Waals surface area contributed by atoms with Crippen LogP contribution in [0.25, 0.3) is 10.9 Å². The molecule has 1 aliphatic rings. The van der Waals surface area contributed by atoms with Crippen molar-refractivity contribution < 1.29 is 14.3 Å². The molecule has 0 fully saturated rings. The predicted octanol–water partition coefficient (Wildman–Crippen LogP) is 4.32. The molecule has 0 radical (unpaired) electrons. The van der Waals surface area contributed by atoms with Gasteiger partial charge in [0.15, 0.2) is 0 Å². The molecule has 0 saturated heterocycles. The Morgan fingerprint density at radius 3 is 2.81 bits per heavy atom. The average Bonchev–Trinajstić information content (AvgIpc) is 3.04. The van der Waals surface area contributed by atoms with Crippen LogP contribution in [0.15, 0.2) is 22.7 Å². The highest BCUT2D eigenvalue weighted by Crippen LogP contribution is 2.35. The predicted molar refractivity (Wildman–Crippen MR) is 126 cm³/mol. The van der Waals surface area contributed by atoms with Gasteiger partial charge in [0.1, 0.15) is 11.6 Å². The van der Waals surface area contributed by atoms with Gasteiger partial charge in [0, 0.05) is 33.7 Å². The van der Waals surface area contributed by atoms with Crippen LogP contribution in [0.4, 0.5) is 4.79 Å². The Hall–Kier alpha value is -2.06. The van der Waals surface area contributed by atoms with Gasteiger partial charge in [0.05, 0.1) is 0 Å². The lowest BCUT2D eigenvalue weighted by molar-refractivity contribution is -0.122. The number of halogens is 1. The number of alkyl carbamates (subject to hydrolysis) is 1. The Morgan fingerprint density at radius 1 is 1.29 bits per heavy atom. The second kappa shape index (κ2) is 10.0. The van der Waals surface area contributed by atoms with Crippen molar-refractivity contribution in [3.63, 3.8) is 0 Å². The first-order chi connectivity index (χ1) is 14.6. The molecule has 2 atom stereocenters. The molecule has 2 aromatic rings. The normalized spacial score (nSPS) is 17.1. The van der Waals surface area contributed by atoms with Gasteiger partial charge in [-0.15, -0.1) is 0 Å². The van der Waals surface area contributed by atoms with Gasteiger partial charge in [-0.05, 0) is 83.7 Å². The Balaban J connectivity index is 1.42. The number of carbonyl (C=O) groups is 2.